The number of hydrogen-bond donors (Lipinski definition) is 2. The summed E-state index contributed by atoms with van der Waals surface area (Å²) >= 11 is 0. The molecule has 0 bridgehead atoms. The van der Waals surface area contributed by atoms with Crippen molar-refractivity contribution in [2.24, 2.45) is 34.3 Å². The molecule has 22 heavy (non-hydrogen) atoms. The molecule has 4 aliphatic carbocycles. The predicted octanol–water partition coefficient (Wildman–Crippen LogP) is 4.06. The van der Waals surface area contributed by atoms with Gasteiger partial charge in [-0.2, -0.15) is 0 Å². The lowest BCUT2D eigenvalue weighted by atomic mass is 9.48. The van der Waals surface area contributed by atoms with Gasteiger partial charge in [0.2, 0.25) is 0 Å². The Kier molecular flexibility index (Phi) is 3.08. The Morgan fingerprint density at radius 1 is 1.14 bits per heavy atom. The fraction of sp³-hybridized carbons (Fsp3) is 0.789. The molecule has 0 radical (unpaired) electrons. The van der Waals surface area contributed by atoms with Crippen molar-refractivity contribution in [3.63, 3.8) is 0 Å². The highest BCUT2D eigenvalue weighted by Gasteiger charge is 2.57. The second kappa shape index (κ2) is 4.59. The molecule has 2 fully saturated rings. The Morgan fingerprint density at radius 3 is 2.64 bits per heavy atom. The van der Waals surface area contributed by atoms with E-state index < -0.39 is 0 Å². The quantitative estimate of drug-likeness (QED) is 0.663. The molecule has 122 valence electrons. The van der Waals surface area contributed by atoms with E-state index in [9.17, 15) is 9.50 Å². The monoisotopic (exact) mass is 305 g/mol. The van der Waals surface area contributed by atoms with Crippen LogP contribution in [0, 0.1) is 28.6 Å². The third-order valence-electron chi connectivity index (χ3n) is 7.77. The van der Waals surface area contributed by atoms with Crippen molar-refractivity contribution >= 4 is 0 Å². The summed E-state index contributed by atoms with van der Waals surface area (Å²) in [7, 11) is 0. The number of rotatable bonds is 0. The number of fused-ring (bicyclic) bond motifs is 5. The molecule has 0 spiro atoms. The van der Waals surface area contributed by atoms with Crippen LogP contribution in [0.4, 0.5) is 4.39 Å². The average molecular weight is 305 g/mol. The minimum absolute atomic E-state index is 0.0489. The van der Waals surface area contributed by atoms with Crippen molar-refractivity contribution in [2.45, 2.75) is 64.9 Å². The number of halogens is 1. The van der Waals surface area contributed by atoms with Gasteiger partial charge >= 0.3 is 0 Å². The fourth-order valence-electron chi connectivity index (χ4n) is 6.29. The van der Waals surface area contributed by atoms with Gasteiger partial charge in [0.05, 0.1) is 6.10 Å². The van der Waals surface area contributed by atoms with E-state index in [4.69, 9.17) is 5.73 Å². The first-order chi connectivity index (χ1) is 10.4. The van der Waals surface area contributed by atoms with Gasteiger partial charge in [0.25, 0.3) is 0 Å². The van der Waals surface area contributed by atoms with Gasteiger partial charge in [0.15, 0.2) is 0 Å². The zero-order chi connectivity index (χ0) is 15.7. The molecule has 0 aromatic carbocycles. The van der Waals surface area contributed by atoms with E-state index in [1.54, 1.807) is 0 Å². The van der Waals surface area contributed by atoms with Crippen LogP contribution in [0.2, 0.25) is 0 Å². The van der Waals surface area contributed by atoms with E-state index >= 15 is 0 Å². The number of aliphatic hydroxyl groups is 1. The van der Waals surface area contributed by atoms with Crippen LogP contribution < -0.4 is 5.73 Å². The van der Waals surface area contributed by atoms with Gasteiger partial charge in [-0.25, -0.2) is 4.39 Å². The van der Waals surface area contributed by atoms with Crippen LogP contribution in [0.5, 0.6) is 0 Å². The third-order valence-corrected chi connectivity index (χ3v) is 7.77. The summed E-state index contributed by atoms with van der Waals surface area (Å²) in [5.74, 6) is 1.51. The highest BCUT2D eigenvalue weighted by molar-refractivity contribution is 5.30. The molecule has 0 amide bonds. The summed E-state index contributed by atoms with van der Waals surface area (Å²) in [5, 5.41) is 10.0. The molecule has 0 aromatic rings. The standard InChI is InChI=1S/C19H28FNO/c1-18-7-5-12(22)9-11(18)3-4-13-14(18)6-8-19(2)15(13)10-16(20)17(19)21/h3,12-15,22H,4-10,21H2,1-2H3/t12?,13-,14-,15+,18+,19+/m1/s1. The molecule has 3 heteroatoms. The average Bonchev–Trinajstić information content (AvgIpc) is 2.72. The molecular weight excluding hydrogens is 277 g/mol. The molecule has 4 aliphatic rings. The van der Waals surface area contributed by atoms with Gasteiger partial charge in [-0.05, 0) is 61.7 Å². The molecule has 0 saturated heterocycles. The van der Waals surface area contributed by atoms with Crippen LogP contribution in [0.25, 0.3) is 0 Å². The number of allylic oxidation sites excluding steroid dienone is 3. The Balaban J connectivity index is 1.69. The summed E-state index contributed by atoms with van der Waals surface area (Å²) in [4.78, 5) is 0. The van der Waals surface area contributed by atoms with Crippen molar-refractivity contribution in [1.29, 1.82) is 0 Å². The van der Waals surface area contributed by atoms with E-state index in [2.05, 4.69) is 19.9 Å². The van der Waals surface area contributed by atoms with E-state index in [-0.39, 0.29) is 22.8 Å². The fourth-order valence-corrected chi connectivity index (χ4v) is 6.29. The summed E-state index contributed by atoms with van der Waals surface area (Å²) in [6.45, 7) is 4.58. The van der Waals surface area contributed by atoms with Crippen molar-refractivity contribution in [3.8, 4) is 0 Å². The van der Waals surface area contributed by atoms with E-state index in [0.29, 0.717) is 29.9 Å². The Hall–Kier alpha value is -0.830. The van der Waals surface area contributed by atoms with E-state index in [0.717, 1.165) is 38.5 Å². The van der Waals surface area contributed by atoms with Gasteiger partial charge in [-0.15, -0.1) is 0 Å². The highest BCUT2D eigenvalue weighted by atomic mass is 19.1. The first kappa shape index (κ1) is 14.7. The lowest BCUT2D eigenvalue weighted by Gasteiger charge is -2.57. The maximum atomic E-state index is 14.2. The summed E-state index contributed by atoms with van der Waals surface area (Å²) < 4.78 is 14.2. The highest BCUT2D eigenvalue weighted by Crippen LogP contribution is 2.65. The van der Waals surface area contributed by atoms with Gasteiger partial charge in [-0.3, -0.25) is 0 Å². The summed E-state index contributed by atoms with van der Waals surface area (Å²) in [6.07, 6.45) is 8.81. The Morgan fingerprint density at radius 2 is 1.86 bits per heavy atom. The topological polar surface area (TPSA) is 46.2 Å². The second-order valence-electron chi connectivity index (χ2n) is 8.63. The molecule has 0 aromatic heterocycles. The Bertz CT molecular complexity index is 568. The second-order valence-corrected chi connectivity index (χ2v) is 8.63. The molecule has 6 atom stereocenters. The first-order valence-electron chi connectivity index (χ1n) is 8.88. The Labute approximate surface area is 132 Å². The number of nitrogens with two attached hydrogens (primary N) is 1. The van der Waals surface area contributed by atoms with Crippen LogP contribution in [0.15, 0.2) is 23.2 Å². The smallest absolute Gasteiger partial charge is 0.119 e. The van der Waals surface area contributed by atoms with Crippen molar-refractivity contribution in [3.05, 3.63) is 23.2 Å². The maximum Gasteiger partial charge on any atom is 0.119 e. The van der Waals surface area contributed by atoms with E-state index in [1.807, 2.05) is 0 Å². The maximum absolute atomic E-state index is 14.2. The van der Waals surface area contributed by atoms with Crippen LogP contribution in [0.3, 0.4) is 0 Å². The largest absolute Gasteiger partial charge is 0.400 e. The zero-order valence-electron chi connectivity index (χ0n) is 13.7. The van der Waals surface area contributed by atoms with Crippen LogP contribution in [-0.4, -0.2) is 11.2 Å². The van der Waals surface area contributed by atoms with Gasteiger partial charge in [0.1, 0.15) is 5.83 Å². The molecule has 0 heterocycles. The zero-order valence-corrected chi connectivity index (χ0v) is 13.7. The van der Waals surface area contributed by atoms with Crippen LogP contribution >= 0.6 is 0 Å². The molecule has 0 aliphatic heterocycles. The first-order valence-corrected chi connectivity index (χ1v) is 8.88. The third kappa shape index (κ3) is 1.75. The summed E-state index contributed by atoms with van der Waals surface area (Å²) in [5.41, 5.74) is 8.23. The van der Waals surface area contributed by atoms with Gasteiger partial charge in [0, 0.05) is 17.5 Å². The van der Waals surface area contributed by atoms with E-state index in [1.165, 1.54) is 5.57 Å². The van der Waals surface area contributed by atoms with Crippen molar-refractivity contribution < 1.29 is 9.50 Å². The molecule has 3 N–H and O–H groups in total. The molecule has 2 nitrogen and oxygen atoms in total. The normalized spacial score (nSPS) is 51.0. The summed E-state index contributed by atoms with van der Waals surface area (Å²) in [6, 6.07) is 0. The molecular formula is C19H28FNO. The molecule has 2 saturated carbocycles. The minimum Gasteiger partial charge on any atom is -0.400 e. The van der Waals surface area contributed by atoms with Gasteiger partial charge < -0.3 is 10.8 Å². The van der Waals surface area contributed by atoms with Crippen LogP contribution in [0.1, 0.15) is 58.8 Å². The predicted molar refractivity (Wildman–Crippen MR) is 85.4 cm³/mol. The van der Waals surface area contributed by atoms with Crippen molar-refractivity contribution in [1.82, 2.24) is 0 Å². The van der Waals surface area contributed by atoms with Crippen LogP contribution in [-0.2, 0) is 0 Å². The lowest BCUT2D eigenvalue weighted by molar-refractivity contribution is -0.0301. The minimum atomic E-state index is -0.161. The van der Waals surface area contributed by atoms with Crippen molar-refractivity contribution in [2.75, 3.05) is 0 Å². The SMILES string of the molecule is C[C@]12CCC(O)CC1=CC[C@@H]1[C@H]2CC[C@]2(C)C(N)=C(F)C[C@@H]12. The van der Waals surface area contributed by atoms with Gasteiger partial charge in [-0.1, -0.05) is 25.5 Å². The number of aliphatic hydroxyl groups excluding tert-OH is 1. The lowest BCUT2D eigenvalue weighted by Crippen LogP contribution is -2.50. The molecule has 4 rings (SSSR count). The molecule has 1 unspecified atom stereocenters. The number of hydrogen-bond acceptors (Lipinski definition) is 2.